The van der Waals surface area contributed by atoms with E-state index in [2.05, 4.69) is 0 Å². The summed E-state index contributed by atoms with van der Waals surface area (Å²) >= 11 is 0. The van der Waals surface area contributed by atoms with Crippen LogP contribution in [0.15, 0.2) is 0 Å². The van der Waals surface area contributed by atoms with Crippen molar-refractivity contribution in [3.8, 4) is 0 Å². The van der Waals surface area contributed by atoms with E-state index in [0.717, 1.165) is 0 Å². The molecule has 0 aliphatic rings. The maximum Gasteiger partial charge on any atom is 0.460 e. The lowest BCUT2D eigenvalue weighted by Gasteiger charge is -2.27. The standard InChI is InChI=1S/C10HF12NO/c11-1-2(12)4(14)6(5(15)3(1)13)23-7(24)8(16,17)9(18,19)10(20,21)22/h(H,23,24). The highest BCUT2D eigenvalue weighted by atomic mass is 19.4. The number of alkyl halides is 7. The first-order valence-corrected chi connectivity index (χ1v) is 5.22. The number of nitrogens with one attached hydrogen (secondary N) is 1. The van der Waals surface area contributed by atoms with Crippen LogP contribution >= 0.6 is 0 Å². The molecule has 0 radical (unpaired) electrons. The van der Waals surface area contributed by atoms with Crippen LogP contribution in [0.5, 0.6) is 0 Å². The van der Waals surface area contributed by atoms with E-state index in [1.807, 2.05) is 0 Å². The lowest BCUT2D eigenvalue weighted by Crippen LogP contribution is -2.57. The molecule has 0 heterocycles. The Hall–Kier alpha value is -2.15. The number of hydrogen-bond donors (Lipinski definition) is 1. The second kappa shape index (κ2) is 5.73. The average Bonchev–Trinajstić information content (AvgIpc) is 2.45. The Morgan fingerprint density at radius 2 is 1.00 bits per heavy atom. The predicted octanol–water partition coefficient (Wildman–Crippen LogP) is 4.15. The predicted molar refractivity (Wildman–Crippen MR) is 50.8 cm³/mol. The van der Waals surface area contributed by atoms with Crippen LogP contribution in [0.4, 0.5) is 58.4 Å². The molecule has 136 valence electrons. The molecule has 0 aliphatic carbocycles. The zero-order chi connectivity index (χ0) is 19.2. The fourth-order valence-electron chi connectivity index (χ4n) is 1.23. The number of hydrogen-bond acceptors (Lipinski definition) is 1. The number of rotatable bonds is 3. The average molecular weight is 379 g/mol. The van der Waals surface area contributed by atoms with Crippen molar-refractivity contribution in [2.45, 2.75) is 18.0 Å². The molecule has 0 aliphatic heterocycles. The van der Waals surface area contributed by atoms with Gasteiger partial charge in [-0.25, -0.2) is 22.0 Å². The third-order valence-corrected chi connectivity index (χ3v) is 2.48. The monoisotopic (exact) mass is 379 g/mol. The number of halogens is 12. The molecule has 1 N–H and O–H groups in total. The van der Waals surface area contributed by atoms with Crippen molar-refractivity contribution in [1.82, 2.24) is 0 Å². The van der Waals surface area contributed by atoms with Crippen molar-refractivity contribution in [2.75, 3.05) is 5.32 Å². The molecule has 1 rings (SSSR count). The number of carbonyl (C=O) groups excluding carboxylic acids is 1. The molecular formula is C10HF12NO. The molecule has 1 aromatic rings. The summed E-state index contributed by atoms with van der Waals surface area (Å²) in [7, 11) is 0. The normalized spacial score (nSPS) is 13.2. The molecule has 24 heavy (non-hydrogen) atoms. The Bertz CT molecular complexity index is 650. The van der Waals surface area contributed by atoms with Crippen LogP contribution in [0.3, 0.4) is 0 Å². The molecule has 1 amide bonds. The van der Waals surface area contributed by atoms with E-state index < -0.39 is 58.7 Å². The zero-order valence-electron chi connectivity index (χ0n) is 10.4. The summed E-state index contributed by atoms with van der Waals surface area (Å²) in [6.07, 6.45) is -6.95. The number of benzene rings is 1. The Morgan fingerprint density at radius 1 is 0.667 bits per heavy atom. The van der Waals surface area contributed by atoms with E-state index in [4.69, 9.17) is 0 Å². The summed E-state index contributed by atoms with van der Waals surface area (Å²) in [5, 5.41) is 0.140. The molecular weight excluding hydrogens is 378 g/mol. The van der Waals surface area contributed by atoms with E-state index in [0.29, 0.717) is 0 Å². The molecule has 14 heteroatoms. The summed E-state index contributed by atoms with van der Waals surface area (Å²) in [4.78, 5) is 10.8. The van der Waals surface area contributed by atoms with Crippen LogP contribution in [0.25, 0.3) is 0 Å². The third kappa shape index (κ3) is 2.84. The van der Waals surface area contributed by atoms with Crippen LogP contribution < -0.4 is 5.32 Å². The van der Waals surface area contributed by atoms with Gasteiger partial charge in [-0.15, -0.1) is 0 Å². The van der Waals surface area contributed by atoms with Gasteiger partial charge < -0.3 is 5.32 Å². The maximum absolute atomic E-state index is 13.1. The van der Waals surface area contributed by atoms with Crippen molar-refractivity contribution in [1.29, 1.82) is 0 Å². The first-order valence-electron chi connectivity index (χ1n) is 5.22. The fourth-order valence-corrected chi connectivity index (χ4v) is 1.23. The van der Waals surface area contributed by atoms with Crippen LogP contribution in [0.2, 0.25) is 0 Å². The molecule has 2 nitrogen and oxygen atoms in total. The van der Waals surface area contributed by atoms with E-state index in [-0.39, 0.29) is 5.32 Å². The summed E-state index contributed by atoms with van der Waals surface area (Å²) in [6, 6.07) is 0. The lowest BCUT2D eigenvalue weighted by molar-refractivity contribution is -0.343. The topological polar surface area (TPSA) is 29.1 Å². The first-order chi connectivity index (χ1) is 10.6. The molecule has 0 atom stereocenters. The molecule has 0 spiro atoms. The molecule has 1 aromatic carbocycles. The highest BCUT2D eigenvalue weighted by Crippen LogP contribution is 2.47. The summed E-state index contributed by atoms with van der Waals surface area (Å²) in [5.41, 5.74) is -2.52. The van der Waals surface area contributed by atoms with E-state index in [1.165, 1.54) is 0 Å². The van der Waals surface area contributed by atoms with Gasteiger partial charge in [-0.2, -0.15) is 30.7 Å². The van der Waals surface area contributed by atoms with Gasteiger partial charge in [0.15, 0.2) is 23.3 Å². The molecule has 0 bridgehead atoms. The van der Waals surface area contributed by atoms with Crippen LogP contribution in [0, 0.1) is 29.1 Å². The second-order valence-corrected chi connectivity index (χ2v) is 4.05. The first kappa shape index (κ1) is 19.9. The molecule has 0 saturated heterocycles. The molecule has 0 unspecified atom stereocenters. The number of amides is 1. The summed E-state index contributed by atoms with van der Waals surface area (Å²) in [5.74, 6) is -31.4. The highest BCUT2D eigenvalue weighted by molar-refractivity contribution is 5.97. The van der Waals surface area contributed by atoms with Crippen LogP contribution in [-0.2, 0) is 4.79 Å². The number of carbonyl (C=O) groups is 1. The van der Waals surface area contributed by atoms with Crippen molar-refractivity contribution in [2.24, 2.45) is 0 Å². The smallest absolute Gasteiger partial charge is 0.315 e. The summed E-state index contributed by atoms with van der Waals surface area (Å²) < 4.78 is 151. The molecule has 0 saturated carbocycles. The third-order valence-electron chi connectivity index (χ3n) is 2.48. The fraction of sp³-hybridized carbons (Fsp3) is 0.300. The van der Waals surface area contributed by atoms with Gasteiger partial charge in [0, 0.05) is 0 Å². The SMILES string of the molecule is O=C(Nc1c(F)c(F)c(F)c(F)c1F)C(F)(F)C(F)(F)C(F)(F)F. The van der Waals surface area contributed by atoms with Crippen LogP contribution in [-0.4, -0.2) is 23.9 Å². The van der Waals surface area contributed by atoms with Crippen LogP contribution in [0.1, 0.15) is 0 Å². The van der Waals surface area contributed by atoms with Gasteiger partial charge in [0.05, 0.1) is 0 Å². The van der Waals surface area contributed by atoms with Crippen molar-refractivity contribution >= 4 is 11.6 Å². The second-order valence-electron chi connectivity index (χ2n) is 4.05. The van der Waals surface area contributed by atoms with Gasteiger partial charge in [0.1, 0.15) is 5.69 Å². The van der Waals surface area contributed by atoms with Gasteiger partial charge in [0.25, 0.3) is 0 Å². The summed E-state index contributed by atoms with van der Waals surface area (Å²) in [6.45, 7) is 0. The minimum Gasteiger partial charge on any atom is -0.315 e. The van der Waals surface area contributed by atoms with E-state index in [1.54, 1.807) is 0 Å². The zero-order valence-corrected chi connectivity index (χ0v) is 10.4. The van der Waals surface area contributed by atoms with Gasteiger partial charge >= 0.3 is 23.9 Å². The Balaban J connectivity index is 3.36. The van der Waals surface area contributed by atoms with E-state index >= 15 is 0 Å². The maximum atomic E-state index is 13.1. The Morgan fingerprint density at radius 3 is 1.33 bits per heavy atom. The minimum atomic E-state index is -6.99. The van der Waals surface area contributed by atoms with Gasteiger partial charge in [-0.05, 0) is 0 Å². The van der Waals surface area contributed by atoms with Gasteiger partial charge in [0.2, 0.25) is 5.82 Å². The number of anilines is 1. The highest BCUT2D eigenvalue weighted by Gasteiger charge is 2.76. The molecule has 0 aromatic heterocycles. The largest absolute Gasteiger partial charge is 0.460 e. The van der Waals surface area contributed by atoms with Crippen molar-refractivity contribution in [3.63, 3.8) is 0 Å². The Kier molecular flexibility index (Phi) is 4.75. The van der Waals surface area contributed by atoms with Gasteiger partial charge in [-0.3, -0.25) is 4.79 Å². The van der Waals surface area contributed by atoms with Crippen molar-refractivity contribution < 1.29 is 57.5 Å². The van der Waals surface area contributed by atoms with Gasteiger partial charge in [-0.1, -0.05) is 0 Å². The Labute approximate surface area is 123 Å². The van der Waals surface area contributed by atoms with E-state index in [9.17, 15) is 57.5 Å². The lowest BCUT2D eigenvalue weighted by atomic mass is 10.1. The minimum absolute atomic E-state index is 0.140. The quantitative estimate of drug-likeness (QED) is 0.477. The van der Waals surface area contributed by atoms with Crippen molar-refractivity contribution in [3.05, 3.63) is 29.1 Å². The molecule has 0 fully saturated rings.